The van der Waals surface area contributed by atoms with Gasteiger partial charge in [0.25, 0.3) is 0 Å². The van der Waals surface area contributed by atoms with Crippen molar-refractivity contribution in [2.75, 3.05) is 50.2 Å². The summed E-state index contributed by atoms with van der Waals surface area (Å²) in [5, 5.41) is 7.18. The molecule has 0 unspecified atom stereocenters. The molecule has 0 saturated carbocycles. The van der Waals surface area contributed by atoms with E-state index in [-0.39, 0.29) is 0 Å². The van der Waals surface area contributed by atoms with Gasteiger partial charge in [-0.25, -0.2) is 0 Å². The van der Waals surface area contributed by atoms with E-state index in [1.165, 1.54) is 5.56 Å². The van der Waals surface area contributed by atoms with Gasteiger partial charge in [0.2, 0.25) is 11.9 Å². The maximum absolute atomic E-state index is 5.97. The van der Waals surface area contributed by atoms with Crippen molar-refractivity contribution in [2.45, 2.75) is 13.5 Å². The zero-order valence-electron chi connectivity index (χ0n) is 18.2. The Hall–Kier alpha value is -2.78. The summed E-state index contributed by atoms with van der Waals surface area (Å²) in [6.45, 7) is 5.78. The van der Waals surface area contributed by atoms with Gasteiger partial charge in [-0.1, -0.05) is 53.6 Å². The van der Waals surface area contributed by atoms with Crippen LogP contribution in [0.15, 0.2) is 48.5 Å². The Morgan fingerprint density at radius 1 is 0.812 bits per heavy atom. The molecule has 0 aliphatic carbocycles. The minimum Gasteiger partial charge on any atom is -0.378 e. The molecule has 0 fully saturated rings. The number of anilines is 2. The first-order valence-electron chi connectivity index (χ1n) is 10.5. The second-order valence-electron chi connectivity index (χ2n) is 7.09. The van der Waals surface area contributed by atoms with Crippen molar-refractivity contribution in [2.24, 2.45) is 5.73 Å². The summed E-state index contributed by atoms with van der Waals surface area (Å²) in [6.07, 6.45) is 0. The topological polar surface area (TPSA) is 107 Å². The zero-order valence-corrected chi connectivity index (χ0v) is 18.9. The van der Waals surface area contributed by atoms with E-state index in [1.807, 2.05) is 55.5 Å². The minimum absolute atomic E-state index is 0.483. The molecular weight excluding hydrogens is 428 g/mol. The minimum atomic E-state index is 0.483. The first-order chi connectivity index (χ1) is 15.6. The van der Waals surface area contributed by atoms with Crippen LogP contribution >= 0.6 is 11.6 Å². The Morgan fingerprint density at radius 2 is 1.47 bits per heavy atom. The van der Waals surface area contributed by atoms with Gasteiger partial charge in [0.15, 0.2) is 5.82 Å². The van der Waals surface area contributed by atoms with E-state index in [0.29, 0.717) is 68.8 Å². The van der Waals surface area contributed by atoms with Crippen LogP contribution in [0.3, 0.4) is 0 Å². The monoisotopic (exact) mass is 456 g/mol. The molecule has 3 rings (SSSR count). The number of benzene rings is 2. The third kappa shape index (κ3) is 8.05. The average Bonchev–Trinajstić information content (AvgIpc) is 2.81. The van der Waals surface area contributed by atoms with Gasteiger partial charge in [-0.15, -0.1) is 0 Å². The summed E-state index contributed by atoms with van der Waals surface area (Å²) in [7, 11) is 0. The molecule has 0 radical (unpaired) electrons. The van der Waals surface area contributed by atoms with Crippen LogP contribution in [0.1, 0.15) is 11.1 Å². The molecule has 170 valence electrons. The molecule has 0 saturated heterocycles. The van der Waals surface area contributed by atoms with E-state index in [0.717, 1.165) is 11.1 Å². The van der Waals surface area contributed by atoms with Crippen molar-refractivity contribution >= 4 is 23.5 Å². The SMILES string of the molecule is Cc1ccc(-c2nc(NCCOCCOCCN)nc(NCc3ccc(Cl)cc3)n2)cc1. The third-order valence-electron chi connectivity index (χ3n) is 4.47. The molecule has 1 heterocycles. The smallest absolute Gasteiger partial charge is 0.228 e. The maximum Gasteiger partial charge on any atom is 0.228 e. The molecule has 1 aromatic heterocycles. The number of hydrogen-bond acceptors (Lipinski definition) is 8. The van der Waals surface area contributed by atoms with E-state index >= 15 is 0 Å². The number of nitrogens with one attached hydrogen (secondary N) is 2. The van der Waals surface area contributed by atoms with Gasteiger partial charge in [0.05, 0.1) is 26.4 Å². The first kappa shape index (κ1) is 23.9. The van der Waals surface area contributed by atoms with Crippen molar-refractivity contribution in [3.05, 3.63) is 64.7 Å². The quantitative estimate of drug-likeness (QED) is 0.335. The Bertz CT molecular complexity index is 954. The highest BCUT2D eigenvalue weighted by molar-refractivity contribution is 6.30. The number of hydrogen-bond donors (Lipinski definition) is 3. The highest BCUT2D eigenvalue weighted by atomic mass is 35.5. The Kier molecular flexibility index (Phi) is 9.64. The highest BCUT2D eigenvalue weighted by Gasteiger charge is 2.09. The molecule has 2 aromatic carbocycles. The number of rotatable bonds is 13. The summed E-state index contributed by atoms with van der Waals surface area (Å²) in [5.74, 6) is 1.57. The van der Waals surface area contributed by atoms with E-state index in [1.54, 1.807) is 0 Å². The lowest BCUT2D eigenvalue weighted by molar-refractivity contribution is 0.0547. The Balaban J connectivity index is 1.63. The van der Waals surface area contributed by atoms with E-state index in [4.69, 9.17) is 26.8 Å². The molecule has 3 aromatic rings. The summed E-state index contributed by atoms with van der Waals surface area (Å²) < 4.78 is 10.8. The Morgan fingerprint density at radius 3 is 2.16 bits per heavy atom. The van der Waals surface area contributed by atoms with Gasteiger partial charge in [0, 0.05) is 30.2 Å². The van der Waals surface area contributed by atoms with Crippen LogP contribution in [0.25, 0.3) is 11.4 Å². The fourth-order valence-electron chi connectivity index (χ4n) is 2.79. The summed E-state index contributed by atoms with van der Waals surface area (Å²) in [4.78, 5) is 13.7. The van der Waals surface area contributed by atoms with Crippen LogP contribution in [0, 0.1) is 6.92 Å². The predicted molar refractivity (Wildman–Crippen MR) is 128 cm³/mol. The summed E-state index contributed by atoms with van der Waals surface area (Å²) in [6, 6.07) is 15.7. The standard InChI is InChI=1S/C23H29ClN6O2/c1-17-2-6-19(7-3-17)21-28-22(26-11-13-32-15-14-31-12-10-25)30-23(29-21)27-16-18-4-8-20(24)9-5-18/h2-9H,10-16,25H2,1H3,(H2,26,27,28,29,30). The molecule has 0 atom stereocenters. The number of aromatic nitrogens is 3. The second-order valence-corrected chi connectivity index (χ2v) is 7.53. The number of nitrogens with two attached hydrogens (primary N) is 1. The first-order valence-corrected chi connectivity index (χ1v) is 10.9. The molecule has 0 spiro atoms. The van der Waals surface area contributed by atoms with Crippen molar-refractivity contribution in [3.8, 4) is 11.4 Å². The van der Waals surface area contributed by atoms with Crippen molar-refractivity contribution < 1.29 is 9.47 Å². The van der Waals surface area contributed by atoms with Crippen molar-refractivity contribution in [1.29, 1.82) is 0 Å². The number of halogens is 1. The fourth-order valence-corrected chi connectivity index (χ4v) is 2.92. The lowest BCUT2D eigenvalue weighted by Gasteiger charge is -2.11. The summed E-state index contributed by atoms with van der Waals surface area (Å²) in [5.41, 5.74) is 8.56. The van der Waals surface area contributed by atoms with Gasteiger partial charge in [-0.3, -0.25) is 0 Å². The third-order valence-corrected chi connectivity index (χ3v) is 4.72. The van der Waals surface area contributed by atoms with E-state index < -0.39 is 0 Å². The molecule has 0 amide bonds. The van der Waals surface area contributed by atoms with Gasteiger partial charge in [-0.2, -0.15) is 15.0 Å². The zero-order chi connectivity index (χ0) is 22.6. The van der Waals surface area contributed by atoms with Gasteiger partial charge in [-0.05, 0) is 24.6 Å². The molecule has 32 heavy (non-hydrogen) atoms. The summed E-state index contributed by atoms with van der Waals surface area (Å²) >= 11 is 5.97. The molecule has 8 nitrogen and oxygen atoms in total. The molecule has 4 N–H and O–H groups in total. The van der Waals surface area contributed by atoms with Crippen LogP contribution in [0.5, 0.6) is 0 Å². The van der Waals surface area contributed by atoms with Crippen LogP contribution < -0.4 is 16.4 Å². The van der Waals surface area contributed by atoms with Gasteiger partial charge < -0.3 is 25.8 Å². The lowest BCUT2D eigenvalue weighted by atomic mass is 10.1. The van der Waals surface area contributed by atoms with Gasteiger partial charge in [0.1, 0.15) is 0 Å². The molecule has 0 bridgehead atoms. The van der Waals surface area contributed by atoms with Crippen molar-refractivity contribution in [1.82, 2.24) is 15.0 Å². The number of ether oxygens (including phenoxy) is 2. The molecule has 0 aliphatic heterocycles. The molecule has 0 aliphatic rings. The van der Waals surface area contributed by atoms with Crippen molar-refractivity contribution in [3.63, 3.8) is 0 Å². The van der Waals surface area contributed by atoms with E-state index in [2.05, 4.69) is 25.6 Å². The predicted octanol–water partition coefficient (Wildman–Crippen LogP) is 3.52. The normalized spacial score (nSPS) is 10.8. The lowest BCUT2D eigenvalue weighted by Crippen LogP contribution is -2.16. The average molecular weight is 457 g/mol. The molecule has 9 heteroatoms. The fraction of sp³-hybridized carbons (Fsp3) is 0.348. The van der Waals surface area contributed by atoms with Crippen LogP contribution in [0.2, 0.25) is 5.02 Å². The number of aryl methyl sites for hydroxylation is 1. The van der Waals surface area contributed by atoms with Crippen LogP contribution in [-0.2, 0) is 16.0 Å². The van der Waals surface area contributed by atoms with E-state index in [9.17, 15) is 0 Å². The Labute approximate surface area is 193 Å². The maximum atomic E-state index is 5.97. The van der Waals surface area contributed by atoms with Crippen LogP contribution in [-0.4, -0.2) is 54.5 Å². The largest absolute Gasteiger partial charge is 0.378 e. The van der Waals surface area contributed by atoms with Gasteiger partial charge >= 0.3 is 0 Å². The van der Waals surface area contributed by atoms with Crippen LogP contribution in [0.4, 0.5) is 11.9 Å². The second kappa shape index (κ2) is 12.9. The highest BCUT2D eigenvalue weighted by Crippen LogP contribution is 2.19. The molecular formula is C23H29ClN6O2. The number of nitrogens with zero attached hydrogens (tertiary/aromatic N) is 3.